The Labute approximate surface area is 79.5 Å². The number of methoxy groups -OCH3 is 1. The van der Waals surface area contributed by atoms with Crippen molar-refractivity contribution in [3.8, 4) is 6.08 Å². The van der Waals surface area contributed by atoms with Crippen LogP contribution in [0.2, 0.25) is 0 Å². The van der Waals surface area contributed by atoms with E-state index in [0.29, 0.717) is 16.7 Å². The molecule has 0 fully saturated rings. The topological polar surface area (TPSA) is 78.4 Å². The van der Waals surface area contributed by atoms with Gasteiger partial charge in [-0.15, -0.1) is 0 Å². The number of fused-ring (bicyclic) bond motifs is 1. The van der Waals surface area contributed by atoms with Gasteiger partial charge in [-0.05, 0) is 18.2 Å². The van der Waals surface area contributed by atoms with Crippen LogP contribution in [0.15, 0.2) is 22.6 Å². The number of rotatable bonds is 2. The maximum absolute atomic E-state index is 10.9. The molecule has 0 saturated carbocycles. The smallest absolute Gasteiger partial charge is 0.394 e. The van der Waals surface area contributed by atoms with Crippen molar-refractivity contribution in [3.05, 3.63) is 23.8 Å². The van der Waals surface area contributed by atoms with Crippen LogP contribution in [0.4, 0.5) is 0 Å². The van der Waals surface area contributed by atoms with Gasteiger partial charge in [0.25, 0.3) is 0 Å². The number of ether oxygens (including phenoxy) is 1. The van der Waals surface area contributed by atoms with Gasteiger partial charge in [0.15, 0.2) is 5.58 Å². The minimum absolute atomic E-state index is 0.168. The van der Waals surface area contributed by atoms with Crippen LogP contribution in [0.1, 0.15) is 10.4 Å². The molecule has 2 N–H and O–H groups in total. The maximum atomic E-state index is 10.9. The molecule has 72 valence electrons. The van der Waals surface area contributed by atoms with Gasteiger partial charge in [-0.2, -0.15) is 4.98 Å². The molecule has 0 aliphatic rings. The largest absolute Gasteiger partial charge is 0.453 e. The molecule has 1 aromatic heterocycles. The summed E-state index contributed by atoms with van der Waals surface area (Å²) in [7, 11) is 1.46. The van der Waals surface area contributed by atoms with Crippen molar-refractivity contribution >= 4 is 17.0 Å². The van der Waals surface area contributed by atoms with Crippen LogP contribution >= 0.6 is 0 Å². The molecule has 0 aliphatic heterocycles. The highest BCUT2D eigenvalue weighted by atomic mass is 16.6. The quantitative estimate of drug-likeness (QED) is 0.767. The van der Waals surface area contributed by atoms with E-state index in [1.165, 1.54) is 7.11 Å². The Balaban J connectivity index is 2.59. The minimum Gasteiger partial charge on any atom is -0.453 e. The second kappa shape index (κ2) is 3.02. The summed E-state index contributed by atoms with van der Waals surface area (Å²) in [5.41, 5.74) is 6.63. The van der Waals surface area contributed by atoms with Crippen LogP contribution in [0.3, 0.4) is 0 Å². The molecule has 0 unspecified atom stereocenters. The van der Waals surface area contributed by atoms with Gasteiger partial charge >= 0.3 is 6.08 Å². The summed E-state index contributed by atoms with van der Waals surface area (Å²) >= 11 is 0. The fourth-order valence-corrected chi connectivity index (χ4v) is 1.15. The van der Waals surface area contributed by atoms with Crippen molar-refractivity contribution < 1.29 is 13.9 Å². The Bertz CT molecular complexity index is 490. The fraction of sp³-hybridized carbons (Fsp3) is 0.111. The van der Waals surface area contributed by atoms with Gasteiger partial charge < -0.3 is 14.9 Å². The van der Waals surface area contributed by atoms with E-state index in [1.807, 2.05) is 0 Å². The molecule has 2 aromatic rings. The van der Waals surface area contributed by atoms with Gasteiger partial charge in [-0.25, -0.2) is 0 Å². The molecule has 1 heterocycles. The van der Waals surface area contributed by atoms with Gasteiger partial charge in [0.2, 0.25) is 5.91 Å². The summed E-state index contributed by atoms with van der Waals surface area (Å²) in [5, 5.41) is 0. The molecule has 5 heteroatoms. The summed E-state index contributed by atoms with van der Waals surface area (Å²) in [6, 6.07) is 4.77. The first-order valence-corrected chi connectivity index (χ1v) is 3.95. The van der Waals surface area contributed by atoms with Crippen LogP contribution in [-0.2, 0) is 0 Å². The van der Waals surface area contributed by atoms with Gasteiger partial charge in [0.05, 0.1) is 7.11 Å². The maximum Gasteiger partial charge on any atom is 0.394 e. The molecule has 0 bridgehead atoms. The van der Waals surface area contributed by atoms with E-state index in [4.69, 9.17) is 14.9 Å². The number of nitrogens with two attached hydrogens (primary N) is 1. The summed E-state index contributed by atoms with van der Waals surface area (Å²) < 4.78 is 9.97. The number of hydrogen-bond donors (Lipinski definition) is 1. The lowest BCUT2D eigenvalue weighted by atomic mass is 10.2. The number of nitrogens with zero attached hydrogens (tertiary/aromatic N) is 1. The van der Waals surface area contributed by atoms with E-state index in [2.05, 4.69) is 4.98 Å². The summed E-state index contributed by atoms with van der Waals surface area (Å²) in [4.78, 5) is 14.8. The monoisotopic (exact) mass is 192 g/mol. The molecule has 5 nitrogen and oxygen atoms in total. The first-order valence-electron chi connectivity index (χ1n) is 3.95. The number of amides is 1. The Hall–Kier alpha value is -2.04. The number of primary amides is 1. The van der Waals surface area contributed by atoms with Crippen LogP contribution in [-0.4, -0.2) is 18.0 Å². The van der Waals surface area contributed by atoms with Crippen LogP contribution in [0.5, 0.6) is 6.08 Å². The van der Waals surface area contributed by atoms with Crippen molar-refractivity contribution in [1.82, 2.24) is 4.98 Å². The average Bonchev–Trinajstić information content (AvgIpc) is 2.58. The van der Waals surface area contributed by atoms with Gasteiger partial charge in [0, 0.05) is 5.56 Å². The Morgan fingerprint density at radius 2 is 2.36 bits per heavy atom. The van der Waals surface area contributed by atoms with E-state index in [-0.39, 0.29) is 6.08 Å². The first kappa shape index (κ1) is 8.55. The van der Waals surface area contributed by atoms with E-state index >= 15 is 0 Å². The molecule has 1 aromatic carbocycles. The van der Waals surface area contributed by atoms with Crippen LogP contribution < -0.4 is 10.5 Å². The first-order chi connectivity index (χ1) is 6.70. The highest BCUT2D eigenvalue weighted by Crippen LogP contribution is 2.20. The third-order valence-corrected chi connectivity index (χ3v) is 1.83. The van der Waals surface area contributed by atoms with E-state index in [1.54, 1.807) is 18.2 Å². The van der Waals surface area contributed by atoms with Crippen molar-refractivity contribution in [1.29, 1.82) is 0 Å². The van der Waals surface area contributed by atoms with Crippen LogP contribution in [0, 0.1) is 0 Å². The van der Waals surface area contributed by atoms with E-state index in [9.17, 15) is 4.79 Å². The number of benzene rings is 1. The SMILES string of the molecule is COc1nc2cc(C(N)=O)ccc2o1. The Morgan fingerprint density at radius 1 is 1.57 bits per heavy atom. The zero-order valence-electron chi connectivity index (χ0n) is 7.48. The van der Waals surface area contributed by atoms with Crippen LogP contribution in [0.25, 0.3) is 11.1 Å². The van der Waals surface area contributed by atoms with Gasteiger partial charge in [-0.3, -0.25) is 4.79 Å². The summed E-state index contributed by atoms with van der Waals surface area (Å²) in [5.74, 6) is -0.492. The number of hydrogen-bond acceptors (Lipinski definition) is 4. The van der Waals surface area contributed by atoms with E-state index < -0.39 is 5.91 Å². The Morgan fingerprint density at radius 3 is 3.00 bits per heavy atom. The lowest BCUT2D eigenvalue weighted by Gasteiger charge is -1.91. The predicted molar refractivity (Wildman–Crippen MR) is 49.1 cm³/mol. The zero-order valence-corrected chi connectivity index (χ0v) is 7.48. The van der Waals surface area contributed by atoms with Gasteiger partial charge in [0.1, 0.15) is 5.52 Å². The fourth-order valence-electron chi connectivity index (χ4n) is 1.15. The molecule has 0 aliphatic carbocycles. The number of carbonyl (C=O) groups is 1. The third kappa shape index (κ3) is 1.28. The number of oxazole rings is 1. The second-order valence-corrected chi connectivity index (χ2v) is 2.73. The van der Waals surface area contributed by atoms with Crippen molar-refractivity contribution in [3.63, 3.8) is 0 Å². The van der Waals surface area contributed by atoms with Crippen molar-refractivity contribution in [2.45, 2.75) is 0 Å². The Kier molecular flexibility index (Phi) is 1.85. The normalized spacial score (nSPS) is 10.4. The minimum atomic E-state index is -0.492. The third-order valence-electron chi connectivity index (χ3n) is 1.83. The number of aromatic nitrogens is 1. The summed E-state index contributed by atoms with van der Waals surface area (Å²) in [6.45, 7) is 0. The lowest BCUT2D eigenvalue weighted by molar-refractivity contribution is 0.100. The predicted octanol–water partition coefficient (Wildman–Crippen LogP) is 0.935. The number of carbonyl (C=O) groups excluding carboxylic acids is 1. The van der Waals surface area contributed by atoms with Crippen molar-refractivity contribution in [2.24, 2.45) is 5.73 Å². The molecule has 0 radical (unpaired) electrons. The molecular weight excluding hydrogens is 184 g/mol. The molecule has 2 rings (SSSR count). The molecule has 0 saturated heterocycles. The second-order valence-electron chi connectivity index (χ2n) is 2.73. The zero-order chi connectivity index (χ0) is 10.1. The highest BCUT2D eigenvalue weighted by Gasteiger charge is 2.08. The molecule has 0 atom stereocenters. The van der Waals surface area contributed by atoms with Gasteiger partial charge in [-0.1, -0.05) is 0 Å². The van der Waals surface area contributed by atoms with Crippen molar-refractivity contribution in [2.75, 3.05) is 7.11 Å². The highest BCUT2D eigenvalue weighted by molar-refractivity contribution is 5.95. The molecular formula is C9H8N2O3. The molecule has 1 amide bonds. The molecule has 14 heavy (non-hydrogen) atoms. The lowest BCUT2D eigenvalue weighted by Crippen LogP contribution is -2.10. The standard InChI is InChI=1S/C9H8N2O3/c1-13-9-11-6-4-5(8(10)12)2-3-7(6)14-9/h2-4H,1H3,(H2,10,12). The van der Waals surface area contributed by atoms with E-state index in [0.717, 1.165) is 0 Å². The summed E-state index contributed by atoms with van der Waals surface area (Å²) in [6.07, 6.45) is 0.168. The molecule has 0 spiro atoms. The average molecular weight is 192 g/mol.